The summed E-state index contributed by atoms with van der Waals surface area (Å²) in [4.78, 5) is 24.3. The molecule has 32 heavy (non-hydrogen) atoms. The van der Waals surface area contributed by atoms with Crippen molar-refractivity contribution < 1.29 is 23.1 Å². The number of halogens is 1. The van der Waals surface area contributed by atoms with E-state index in [0.717, 1.165) is 12.0 Å². The molecule has 168 valence electrons. The van der Waals surface area contributed by atoms with Gasteiger partial charge in [0.1, 0.15) is 28.5 Å². The van der Waals surface area contributed by atoms with Crippen molar-refractivity contribution in [3.8, 4) is 11.5 Å². The number of fused-ring (bicyclic) bond motifs is 3. The maximum Gasteiger partial charge on any atom is 0.336 e. The minimum Gasteiger partial charge on any atom is -0.487 e. The first-order chi connectivity index (χ1) is 15.2. The van der Waals surface area contributed by atoms with Crippen molar-refractivity contribution in [1.82, 2.24) is 5.32 Å². The zero-order valence-corrected chi connectivity index (χ0v) is 18.4. The topological polar surface area (TPSA) is 77.8 Å². The van der Waals surface area contributed by atoms with Crippen molar-refractivity contribution in [3.63, 3.8) is 0 Å². The molecule has 1 amide bonds. The third-order valence-electron chi connectivity index (χ3n) is 5.63. The Morgan fingerprint density at radius 3 is 2.81 bits per heavy atom. The smallest absolute Gasteiger partial charge is 0.336 e. The van der Waals surface area contributed by atoms with Gasteiger partial charge in [-0.15, -0.1) is 0 Å². The second-order valence-electron chi connectivity index (χ2n) is 8.65. The highest BCUT2D eigenvalue weighted by molar-refractivity contribution is 5.91. The average molecular weight is 439 g/mol. The summed E-state index contributed by atoms with van der Waals surface area (Å²) in [5.41, 5.74) is 1.73. The summed E-state index contributed by atoms with van der Waals surface area (Å²) in [5, 5.41) is 3.40. The van der Waals surface area contributed by atoms with E-state index in [2.05, 4.69) is 5.32 Å². The number of benzene rings is 2. The van der Waals surface area contributed by atoms with Crippen LogP contribution in [0.3, 0.4) is 0 Å². The Morgan fingerprint density at radius 2 is 2.03 bits per heavy atom. The lowest BCUT2D eigenvalue weighted by atomic mass is 9.92. The van der Waals surface area contributed by atoms with Crippen LogP contribution in [0, 0.1) is 12.7 Å². The van der Waals surface area contributed by atoms with E-state index in [0.29, 0.717) is 53.0 Å². The van der Waals surface area contributed by atoms with E-state index in [4.69, 9.17) is 13.9 Å². The van der Waals surface area contributed by atoms with Crippen LogP contribution in [0.2, 0.25) is 0 Å². The van der Waals surface area contributed by atoms with Crippen LogP contribution in [-0.2, 0) is 17.6 Å². The van der Waals surface area contributed by atoms with Crippen molar-refractivity contribution in [2.45, 2.75) is 45.6 Å². The Morgan fingerprint density at radius 1 is 1.25 bits per heavy atom. The molecule has 1 N–H and O–H groups in total. The molecule has 0 saturated heterocycles. The number of hydrogen-bond acceptors (Lipinski definition) is 5. The van der Waals surface area contributed by atoms with Gasteiger partial charge in [0.05, 0.1) is 5.39 Å². The predicted octanol–water partition coefficient (Wildman–Crippen LogP) is 4.08. The number of nitrogens with one attached hydrogen (secondary N) is 1. The molecule has 0 atom stereocenters. The van der Waals surface area contributed by atoms with E-state index in [1.165, 1.54) is 12.1 Å². The van der Waals surface area contributed by atoms with Gasteiger partial charge in [0, 0.05) is 24.2 Å². The molecular weight excluding hydrogens is 413 g/mol. The molecular formula is C25H26FNO5. The Labute approximate surface area is 185 Å². The van der Waals surface area contributed by atoms with Gasteiger partial charge < -0.3 is 19.2 Å². The summed E-state index contributed by atoms with van der Waals surface area (Å²) in [5.74, 6) is 0.390. The van der Waals surface area contributed by atoms with E-state index in [1.54, 1.807) is 31.2 Å². The van der Waals surface area contributed by atoms with Gasteiger partial charge in [0.15, 0.2) is 6.61 Å². The molecule has 0 saturated carbocycles. The second kappa shape index (κ2) is 8.65. The molecule has 4 rings (SSSR count). The molecule has 0 radical (unpaired) electrons. The molecule has 0 bridgehead atoms. The van der Waals surface area contributed by atoms with Crippen molar-refractivity contribution in [3.05, 3.63) is 69.3 Å². The molecule has 7 heteroatoms. The standard InChI is InChI=1S/C25H26FNO5/c1-15-12-22(29)31-24-17-8-10-25(2,3)32-19(17)13-20(23(15)24)30-14-21(28)27-11-9-16-6-4-5-7-18(16)26/h4-7,12-13H,8-11,14H2,1-3H3,(H,27,28). The third-order valence-corrected chi connectivity index (χ3v) is 5.63. The Bertz CT molecular complexity index is 1230. The maximum atomic E-state index is 13.7. The van der Waals surface area contributed by atoms with Crippen molar-refractivity contribution in [1.29, 1.82) is 0 Å². The third kappa shape index (κ3) is 4.61. The van der Waals surface area contributed by atoms with Crippen LogP contribution in [0.4, 0.5) is 4.39 Å². The number of carbonyl (C=O) groups excluding carboxylic acids is 1. The molecule has 0 aliphatic carbocycles. The molecule has 1 aromatic heterocycles. The Balaban J connectivity index is 1.52. The summed E-state index contributed by atoms with van der Waals surface area (Å²) < 4.78 is 31.2. The lowest BCUT2D eigenvalue weighted by molar-refractivity contribution is -0.123. The number of hydrogen-bond donors (Lipinski definition) is 1. The summed E-state index contributed by atoms with van der Waals surface area (Å²) in [6.45, 7) is 5.86. The lowest BCUT2D eigenvalue weighted by Crippen LogP contribution is -2.33. The normalized spacial score (nSPS) is 14.5. The first kappa shape index (κ1) is 21.9. The maximum absolute atomic E-state index is 13.7. The van der Waals surface area contributed by atoms with Crippen LogP contribution < -0.4 is 20.4 Å². The predicted molar refractivity (Wildman–Crippen MR) is 119 cm³/mol. The summed E-state index contributed by atoms with van der Waals surface area (Å²) in [6.07, 6.45) is 1.88. The first-order valence-corrected chi connectivity index (χ1v) is 10.7. The van der Waals surface area contributed by atoms with Crippen LogP contribution >= 0.6 is 0 Å². The van der Waals surface area contributed by atoms with E-state index in [-0.39, 0.29) is 23.9 Å². The lowest BCUT2D eigenvalue weighted by Gasteiger charge is -2.33. The zero-order chi connectivity index (χ0) is 22.9. The summed E-state index contributed by atoms with van der Waals surface area (Å²) >= 11 is 0. The number of aryl methyl sites for hydroxylation is 2. The minimum absolute atomic E-state index is 0.229. The fourth-order valence-electron chi connectivity index (χ4n) is 3.97. The Hall–Kier alpha value is -3.35. The number of carbonyl (C=O) groups is 1. The SMILES string of the molecule is Cc1cc(=O)oc2c3c(cc(OCC(=O)NCCc4ccccc4F)c12)OC(C)(C)CC3. The monoisotopic (exact) mass is 439 g/mol. The van der Waals surface area contributed by atoms with Gasteiger partial charge in [-0.05, 0) is 57.2 Å². The molecule has 6 nitrogen and oxygen atoms in total. The van der Waals surface area contributed by atoms with Gasteiger partial charge in [-0.3, -0.25) is 4.79 Å². The molecule has 1 aliphatic heterocycles. The largest absolute Gasteiger partial charge is 0.487 e. The van der Waals surface area contributed by atoms with Gasteiger partial charge in [0.2, 0.25) is 0 Å². The van der Waals surface area contributed by atoms with Gasteiger partial charge in [-0.1, -0.05) is 18.2 Å². The highest BCUT2D eigenvalue weighted by Gasteiger charge is 2.30. The van der Waals surface area contributed by atoms with E-state index in [9.17, 15) is 14.0 Å². The average Bonchev–Trinajstić information content (AvgIpc) is 2.72. The van der Waals surface area contributed by atoms with Gasteiger partial charge in [0.25, 0.3) is 5.91 Å². The molecule has 0 fully saturated rings. The van der Waals surface area contributed by atoms with Crippen LogP contribution in [0.25, 0.3) is 11.0 Å². The molecule has 1 aliphatic rings. The van der Waals surface area contributed by atoms with Crippen molar-refractivity contribution in [2.24, 2.45) is 0 Å². The van der Waals surface area contributed by atoms with Crippen LogP contribution in [-0.4, -0.2) is 24.7 Å². The molecule has 2 aromatic carbocycles. The van der Waals surface area contributed by atoms with Gasteiger partial charge in [-0.2, -0.15) is 0 Å². The summed E-state index contributed by atoms with van der Waals surface area (Å²) in [7, 11) is 0. The van der Waals surface area contributed by atoms with Crippen LogP contribution in [0.1, 0.15) is 37.0 Å². The molecule has 0 unspecified atom stereocenters. The Kier molecular flexibility index (Phi) is 5.91. The quantitative estimate of drug-likeness (QED) is 0.586. The van der Waals surface area contributed by atoms with Gasteiger partial charge in [-0.25, -0.2) is 9.18 Å². The zero-order valence-electron chi connectivity index (χ0n) is 18.4. The number of ether oxygens (including phenoxy) is 2. The van der Waals surface area contributed by atoms with Crippen molar-refractivity contribution in [2.75, 3.05) is 13.2 Å². The number of amides is 1. The highest BCUT2D eigenvalue weighted by Crippen LogP contribution is 2.42. The number of rotatable bonds is 6. The fraction of sp³-hybridized carbons (Fsp3) is 0.360. The van der Waals surface area contributed by atoms with Crippen LogP contribution in [0.15, 0.2) is 45.6 Å². The molecule has 0 spiro atoms. The minimum atomic E-state index is -0.440. The molecule has 2 heterocycles. The molecule has 3 aromatic rings. The highest BCUT2D eigenvalue weighted by atomic mass is 19.1. The fourth-order valence-corrected chi connectivity index (χ4v) is 3.97. The van der Waals surface area contributed by atoms with Crippen molar-refractivity contribution >= 4 is 16.9 Å². The van der Waals surface area contributed by atoms with E-state index in [1.807, 2.05) is 13.8 Å². The van der Waals surface area contributed by atoms with E-state index >= 15 is 0 Å². The van der Waals surface area contributed by atoms with Crippen LogP contribution in [0.5, 0.6) is 11.5 Å². The second-order valence-corrected chi connectivity index (χ2v) is 8.65. The van der Waals surface area contributed by atoms with Gasteiger partial charge >= 0.3 is 5.63 Å². The summed E-state index contributed by atoms with van der Waals surface area (Å²) in [6, 6.07) is 9.64. The van der Waals surface area contributed by atoms with E-state index < -0.39 is 5.63 Å². The first-order valence-electron chi connectivity index (χ1n) is 10.7.